The fraction of sp³-hybridized carbons (Fsp3) is 0.304. The minimum atomic E-state index is -3.58. The number of aromatic nitrogens is 2. The van der Waals surface area contributed by atoms with Crippen molar-refractivity contribution >= 4 is 21.6 Å². The number of morpholine rings is 1. The molecule has 1 amide bonds. The molecule has 1 N–H and O–H groups in total. The maximum Gasteiger partial charge on any atom is 0.276 e. The summed E-state index contributed by atoms with van der Waals surface area (Å²) < 4.78 is 39.4. The summed E-state index contributed by atoms with van der Waals surface area (Å²) in [6, 6.07) is 13.6. The third-order valence-electron chi connectivity index (χ3n) is 5.29. The lowest BCUT2D eigenvalue weighted by Gasteiger charge is -2.26. The van der Waals surface area contributed by atoms with Crippen LogP contribution in [0.4, 0.5) is 5.69 Å². The Morgan fingerprint density at radius 1 is 1.09 bits per heavy atom. The van der Waals surface area contributed by atoms with E-state index in [9.17, 15) is 13.2 Å². The van der Waals surface area contributed by atoms with Gasteiger partial charge in [0.05, 0.1) is 18.1 Å². The van der Waals surface area contributed by atoms with E-state index in [2.05, 4.69) is 10.4 Å². The number of benzene rings is 2. The summed E-state index contributed by atoms with van der Waals surface area (Å²) in [7, 11) is -3.58. The molecule has 0 aliphatic carbocycles. The summed E-state index contributed by atoms with van der Waals surface area (Å²) in [5, 5.41) is 6.99. The first kappa shape index (κ1) is 23.0. The normalized spacial score (nSPS) is 14.7. The second-order valence-electron chi connectivity index (χ2n) is 7.78. The molecule has 10 heteroatoms. The summed E-state index contributed by atoms with van der Waals surface area (Å²) >= 11 is 0. The molecule has 9 nitrogen and oxygen atoms in total. The summed E-state index contributed by atoms with van der Waals surface area (Å²) in [6.07, 6.45) is 1.66. The van der Waals surface area contributed by atoms with Crippen molar-refractivity contribution in [3.8, 4) is 5.75 Å². The van der Waals surface area contributed by atoms with Gasteiger partial charge < -0.3 is 14.8 Å². The highest BCUT2D eigenvalue weighted by Gasteiger charge is 2.26. The van der Waals surface area contributed by atoms with E-state index in [0.717, 1.165) is 16.9 Å². The van der Waals surface area contributed by atoms with Crippen LogP contribution in [0.25, 0.3) is 0 Å². The molecule has 0 saturated carbocycles. The predicted molar refractivity (Wildman–Crippen MR) is 123 cm³/mol. The lowest BCUT2D eigenvalue weighted by Crippen LogP contribution is -2.40. The van der Waals surface area contributed by atoms with Crippen LogP contribution in [0.15, 0.2) is 59.6 Å². The number of nitrogens with one attached hydrogen (secondary N) is 1. The molecule has 2 aromatic carbocycles. The zero-order valence-electron chi connectivity index (χ0n) is 18.5. The van der Waals surface area contributed by atoms with Crippen LogP contribution >= 0.6 is 0 Å². The predicted octanol–water partition coefficient (Wildman–Crippen LogP) is 2.81. The molecule has 0 radical (unpaired) electrons. The third-order valence-corrected chi connectivity index (χ3v) is 7.20. The van der Waals surface area contributed by atoms with Gasteiger partial charge in [0, 0.05) is 25.0 Å². The van der Waals surface area contributed by atoms with Gasteiger partial charge in [-0.05, 0) is 61.4 Å². The van der Waals surface area contributed by atoms with Crippen molar-refractivity contribution in [3.63, 3.8) is 0 Å². The first-order chi connectivity index (χ1) is 15.8. The maximum absolute atomic E-state index is 12.7. The molecule has 3 aromatic rings. The molecule has 0 spiro atoms. The summed E-state index contributed by atoms with van der Waals surface area (Å²) in [6.45, 7) is 5.56. The van der Waals surface area contributed by atoms with Gasteiger partial charge in [-0.2, -0.15) is 9.40 Å². The SMILES string of the molecule is Cc1ccc(C)c(OCn2ccc(C(=O)Nc3ccc(S(=O)(=O)N4CCOCC4)cc3)n2)c1. The molecule has 33 heavy (non-hydrogen) atoms. The van der Waals surface area contributed by atoms with Crippen molar-refractivity contribution in [3.05, 3.63) is 71.5 Å². The Bertz CT molecular complexity index is 1230. The van der Waals surface area contributed by atoms with Gasteiger partial charge >= 0.3 is 0 Å². The Hall–Kier alpha value is -3.21. The second kappa shape index (κ2) is 9.74. The maximum atomic E-state index is 12.7. The molecule has 1 aliphatic heterocycles. The molecule has 1 fully saturated rings. The number of nitrogens with zero attached hydrogens (tertiary/aromatic N) is 3. The number of hydrogen-bond donors (Lipinski definition) is 1. The van der Waals surface area contributed by atoms with E-state index in [1.54, 1.807) is 24.4 Å². The van der Waals surface area contributed by atoms with E-state index in [4.69, 9.17) is 9.47 Å². The van der Waals surface area contributed by atoms with Crippen molar-refractivity contribution in [2.75, 3.05) is 31.6 Å². The molecule has 4 rings (SSSR count). The minimum Gasteiger partial charge on any atom is -0.471 e. The van der Waals surface area contributed by atoms with E-state index in [0.29, 0.717) is 32.0 Å². The summed E-state index contributed by atoms with van der Waals surface area (Å²) in [5.41, 5.74) is 2.82. The van der Waals surface area contributed by atoms with E-state index < -0.39 is 15.9 Å². The van der Waals surface area contributed by atoms with Crippen LogP contribution in [0, 0.1) is 13.8 Å². The van der Waals surface area contributed by atoms with Gasteiger partial charge in [-0.15, -0.1) is 0 Å². The highest BCUT2D eigenvalue weighted by molar-refractivity contribution is 7.89. The van der Waals surface area contributed by atoms with Gasteiger partial charge in [0.25, 0.3) is 5.91 Å². The van der Waals surface area contributed by atoms with Crippen molar-refractivity contribution in [1.82, 2.24) is 14.1 Å². The molecule has 0 unspecified atom stereocenters. The van der Waals surface area contributed by atoms with E-state index in [1.807, 2.05) is 32.0 Å². The Morgan fingerprint density at radius 2 is 1.82 bits per heavy atom. The third kappa shape index (κ3) is 5.41. The quantitative estimate of drug-likeness (QED) is 0.570. The van der Waals surface area contributed by atoms with Crippen LogP contribution in [0.1, 0.15) is 21.6 Å². The van der Waals surface area contributed by atoms with Crippen LogP contribution in [-0.2, 0) is 21.5 Å². The van der Waals surface area contributed by atoms with Gasteiger partial charge in [0.2, 0.25) is 10.0 Å². The smallest absolute Gasteiger partial charge is 0.276 e. The van der Waals surface area contributed by atoms with Gasteiger partial charge in [-0.1, -0.05) is 12.1 Å². The van der Waals surface area contributed by atoms with Crippen LogP contribution in [-0.4, -0.2) is 54.7 Å². The average Bonchev–Trinajstić information content (AvgIpc) is 3.30. The molecule has 1 saturated heterocycles. The van der Waals surface area contributed by atoms with Crippen molar-refractivity contribution in [1.29, 1.82) is 0 Å². The zero-order chi connectivity index (χ0) is 23.4. The van der Waals surface area contributed by atoms with Crippen LogP contribution in [0.2, 0.25) is 0 Å². The Labute approximate surface area is 193 Å². The Morgan fingerprint density at radius 3 is 2.55 bits per heavy atom. The highest BCUT2D eigenvalue weighted by Crippen LogP contribution is 2.21. The number of aryl methyl sites for hydroxylation is 2. The average molecular weight is 471 g/mol. The molecule has 1 aliphatic rings. The van der Waals surface area contributed by atoms with Crippen LogP contribution < -0.4 is 10.1 Å². The molecule has 2 heterocycles. The van der Waals surface area contributed by atoms with Gasteiger partial charge in [-0.25, -0.2) is 13.1 Å². The highest BCUT2D eigenvalue weighted by atomic mass is 32.2. The number of carbonyl (C=O) groups is 1. The summed E-state index contributed by atoms with van der Waals surface area (Å²) in [4.78, 5) is 12.7. The number of sulfonamides is 1. The second-order valence-corrected chi connectivity index (χ2v) is 9.72. The van der Waals surface area contributed by atoms with Crippen molar-refractivity contribution in [2.45, 2.75) is 25.5 Å². The fourth-order valence-electron chi connectivity index (χ4n) is 3.39. The molecule has 174 valence electrons. The number of hydrogen-bond acceptors (Lipinski definition) is 6. The van der Waals surface area contributed by atoms with E-state index >= 15 is 0 Å². The monoisotopic (exact) mass is 470 g/mol. The standard InChI is InChI=1S/C23H26N4O5S/c1-17-3-4-18(2)22(15-17)32-16-26-10-9-21(25-26)23(28)24-19-5-7-20(8-6-19)33(29,30)27-11-13-31-14-12-27/h3-10,15H,11-14,16H2,1-2H3,(H,24,28). The van der Waals surface area contributed by atoms with E-state index in [1.165, 1.54) is 21.1 Å². The number of anilines is 1. The summed E-state index contributed by atoms with van der Waals surface area (Å²) in [5.74, 6) is 0.368. The number of ether oxygens (including phenoxy) is 2. The lowest BCUT2D eigenvalue weighted by molar-refractivity contribution is 0.0730. The van der Waals surface area contributed by atoms with Crippen molar-refractivity contribution < 1.29 is 22.7 Å². The first-order valence-electron chi connectivity index (χ1n) is 10.6. The lowest BCUT2D eigenvalue weighted by atomic mass is 10.1. The molecule has 1 aromatic heterocycles. The van der Waals surface area contributed by atoms with E-state index in [-0.39, 0.29) is 17.3 Å². The topological polar surface area (TPSA) is 103 Å². The Balaban J connectivity index is 1.36. The molecular formula is C23H26N4O5S. The van der Waals surface area contributed by atoms with Gasteiger partial charge in [0.1, 0.15) is 5.75 Å². The van der Waals surface area contributed by atoms with Gasteiger partial charge in [-0.3, -0.25) is 4.79 Å². The zero-order valence-corrected chi connectivity index (χ0v) is 19.3. The van der Waals surface area contributed by atoms with Crippen LogP contribution in [0.5, 0.6) is 5.75 Å². The number of rotatable bonds is 7. The fourth-order valence-corrected chi connectivity index (χ4v) is 4.80. The largest absolute Gasteiger partial charge is 0.471 e. The molecule has 0 bridgehead atoms. The number of amides is 1. The Kier molecular flexibility index (Phi) is 6.77. The van der Waals surface area contributed by atoms with Gasteiger partial charge in [0.15, 0.2) is 12.4 Å². The molecular weight excluding hydrogens is 444 g/mol. The number of carbonyl (C=O) groups excluding carboxylic acids is 1. The van der Waals surface area contributed by atoms with Crippen molar-refractivity contribution in [2.24, 2.45) is 0 Å². The van der Waals surface area contributed by atoms with Crippen LogP contribution in [0.3, 0.4) is 0 Å². The molecule has 0 atom stereocenters. The first-order valence-corrected chi connectivity index (χ1v) is 12.0. The minimum absolute atomic E-state index is 0.172.